The van der Waals surface area contributed by atoms with Gasteiger partial charge in [0.1, 0.15) is 0 Å². The molecule has 0 spiro atoms. The van der Waals surface area contributed by atoms with E-state index in [1.807, 2.05) is 6.08 Å². The molecular formula is C17H30O2Sn. The summed E-state index contributed by atoms with van der Waals surface area (Å²) < 4.78 is 7.10. The summed E-state index contributed by atoms with van der Waals surface area (Å²) in [6.45, 7) is 7.47. The van der Waals surface area contributed by atoms with Gasteiger partial charge in [-0.05, 0) is 0 Å². The predicted octanol–water partition coefficient (Wildman–Crippen LogP) is 4.86. The molecule has 1 aliphatic heterocycles. The molecule has 2 nitrogen and oxygen atoms in total. The summed E-state index contributed by atoms with van der Waals surface area (Å²) in [4.78, 5) is 11.3. The topological polar surface area (TPSA) is 26.3 Å². The van der Waals surface area contributed by atoms with E-state index in [1.54, 1.807) is 0 Å². The third-order valence-corrected chi connectivity index (χ3v) is 9.51. The third-order valence-electron chi connectivity index (χ3n) is 4.11. The van der Waals surface area contributed by atoms with Crippen LogP contribution in [0.3, 0.4) is 0 Å². The monoisotopic (exact) mass is 386 g/mol. The molecule has 1 heterocycles. The summed E-state index contributed by atoms with van der Waals surface area (Å²) in [5.74, 6) is -0.101. The molecule has 0 bridgehead atoms. The van der Waals surface area contributed by atoms with Crippen molar-refractivity contribution in [2.45, 2.75) is 82.0 Å². The van der Waals surface area contributed by atoms with Crippen molar-refractivity contribution in [2.24, 2.45) is 0 Å². The Morgan fingerprint density at radius 2 is 1.55 bits per heavy atom. The van der Waals surface area contributed by atoms with E-state index in [2.05, 4.69) is 20.8 Å². The average molecular weight is 385 g/mol. The molecule has 0 atom stereocenters. The zero-order valence-corrected chi connectivity index (χ0v) is 16.3. The van der Waals surface area contributed by atoms with Crippen LogP contribution in [0.5, 0.6) is 0 Å². The average Bonchev–Trinajstić information content (AvgIpc) is 2.85. The van der Waals surface area contributed by atoms with Gasteiger partial charge in [-0.15, -0.1) is 0 Å². The number of ether oxygens (including phenoxy) is 1. The summed E-state index contributed by atoms with van der Waals surface area (Å²) in [6.07, 6.45) is 13.8. The van der Waals surface area contributed by atoms with Crippen LogP contribution in [0.15, 0.2) is 9.67 Å². The molecule has 1 rings (SSSR count). The fourth-order valence-electron chi connectivity index (χ4n) is 2.90. The molecule has 0 unspecified atom stereocenters. The zero-order chi connectivity index (χ0) is 14.8. The Morgan fingerprint density at radius 3 is 1.90 bits per heavy atom. The number of unbranched alkanes of at least 4 members (excludes halogenated alkanes) is 3. The first-order valence-electron chi connectivity index (χ1n) is 8.31. The van der Waals surface area contributed by atoms with E-state index < -0.39 is 21.1 Å². The molecule has 0 saturated heterocycles. The summed E-state index contributed by atoms with van der Waals surface area (Å²) in [5, 5.41) is 0. The fourth-order valence-corrected chi connectivity index (χ4v) is 8.38. The van der Waals surface area contributed by atoms with Crippen molar-refractivity contribution in [3.63, 3.8) is 0 Å². The third kappa shape index (κ3) is 6.19. The van der Waals surface area contributed by atoms with E-state index in [-0.39, 0.29) is 5.97 Å². The van der Waals surface area contributed by atoms with Crippen LogP contribution in [0.2, 0.25) is 3.43 Å². The van der Waals surface area contributed by atoms with Crippen molar-refractivity contribution in [1.29, 1.82) is 0 Å². The van der Waals surface area contributed by atoms with Crippen molar-refractivity contribution in [3.8, 4) is 0 Å². The number of hydrogen-bond acceptors (Lipinski definition) is 2. The summed E-state index contributed by atoms with van der Waals surface area (Å²) in [6, 6.07) is 0. The first kappa shape index (κ1) is 18.1. The Balaban J connectivity index is 2.75. The molecule has 0 aromatic carbocycles. The molecule has 2 radical (unpaired) electrons. The second kappa shape index (κ2) is 9.86. The minimum absolute atomic E-state index is 0.101. The molecule has 0 N–H and O–H groups in total. The Labute approximate surface area is 135 Å². The van der Waals surface area contributed by atoms with Crippen molar-refractivity contribution < 1.29 is 9.53 Å². The Kier molecular flexibility index (Phi) is 8.90. The molecule has 0 aromatic heterocycles. The van der Waals surface area contributed by atoms with Gasteiger partial charge in [-0.25, -0.2) is 0 Å². The molecular weight excluding hydrogens is 355 g/mol. The quantitative estimate of drug-likeness (QED) is 0.375. The number of carbonyl (C=O) groups excluding carboxylic acids is 1. The predicted molar refractivity (Wildman–Crippen MR) is 86.1 cm³/mol. The Bertz CT molecular complexity index is 301. The molecule has 0 saturated carbocycles. The standard InChI is InChI=1S/C13H27.C4H3O2.Sn/c1-4-7-10-13(11-8-5-2)12-9-6-3;5-4-2-1-3-6-4;/h4-12H2,1-3H3;2H,3H2;. The van der Waals surface area contributed by atoms with Crippen LogP contribution in [0.25, 0.3) is 0 Å². The van der Waals surface area contributed by atoms with Crippen molar-refractivity contribution in [1.82, 2.24) is 0 Å². The van der Waals surface area contributed by atoms with Crippen molar-refractivity contribution in [3.05, 3.63) is 9.67 Å². The summed E-state index contributed by atoms with van der Waals surface area (Å²) in [7, 11) is 0. The zero-order valence-electron chi connectivity index (χ0n) is 13.5. The molecule has 3 heteroatoms. The van der Waals surface area contributed by atoms with Gasteiger partial charge in [0.05, 0.1) is 0 Å². The van der Waals surface area contributed by atoms with Gasteiger partial charge in [0.15, 0.2) is 0 Å². The van der Waals surface area contributed by atoms with Gasteiger partial charge in [-0.3, -0.25) is 0 Å². The molecule has 1 aliphatic rings. The summed E-state index contributed by atoms with van der Waals surface area (Å²) >= 11 is -0.708. The first-order valence-corrected chi connectivity index (χ1v) is 11.2. The summed E-state index contributed by atoms with van der Waals surface area (Å²) in [5.41, 5.74) is 0. The van der Waals surface area contributed by atoms with Crippen LogP contribution in [0.4, 0.5) is 0 Å². The van der Waals surface area contributed by atoms with E-state index in [1.165, 1.54) is 61.4 Å². The maximum atomic E-state index is 11.3. The second-order valence-corrected chi connectivity index (χ2v) is 11.6. The van der Waals surface area contributed by atoms with Gasteiger partial charge < -0.3 is 0 Å². The minimum atomic E-state index is -0.708. The van der Waals surface area contributed by atoms with E-state index in [0.717, 1.165) is 0 Å². The van der Waals surface area contributed by atoms with Gasteiger partial charge in [-0.2, -0.15) is 0 Å². The van der Waals surface area contributed by atoms with Gasteiger partial charge in [0.25, 0.3) is 0 Å². The van der Waals surface area contributed by atoms with E-state index >= 15 is 0 Å². The number of rotatable bonds is 11. The van der Waals surface area contributed by atoms with Gasteiger partial charge in [0, 0.05) is 0 Å². The van der Waals surface area contributed by atoms with Crippen LogP contribution in [-0.4, -0.2) is 33.7 Å². The number of cyclic esters (lactones) is 1. The van der Waals surface area contributed by atoms with Crippen LogP contribution >= 0.6 is 0 Å². The van der Waals surface area contributed by atoms with E-state index in [9.17, 15) is 4.79 Å². The Morgan fingerprint density at radius 1 is 1.05 bits per heavy atom. The van der Waals surface area contributed by atoms with E-state index in [4.69, 9.17) is 4.74 Å². The SMILES string of the molecule is CCCC[C](CCCC)(CCCC)[Sn][C]1=CC(=O)OC1. The normalized spacial score (nSPS) is 15.3. The van der Waals surface area contributed by atoms with Gasteiger partial charge >= 0.3 is 135 Å². The van der Waals surface area contributed by atoms with Crippen molar-refractivity contribution in [2.75, 3.05) is 6.61 Å². The maximum absolute atomic E-state index is 11.3. The molecule has 20 heavy (non-hydrogen) atoms. The molecule has 0 amide bonds. The van der Waals surface area contributed by atoms with Gasteiger partial charge in [-0.1, -0.05) is 0 Å². The molecule has 0 fully saturated rings. The first-order chi connectivity index (χ1) is 9.65. The Hall–Kier alpha value is 0.00870. The molecule has 0 aromatic rings. The van der Waals surface area contributed by atoms with Crippen LogP contribution in [0.1, 0.15) is 78.6 Å². The number of carbonyl (C=O) groups is 1. The fraction of sp³-hybridized carbons (Fsp3) is 0.824. The number of esters is 1. The van der Waals surface area contributed by atoms with E-state index in [0.29, 0.717) is 10.0 Å². The van der Waals surface area contributed by atoms with Crippen molar-refractivity contribution >= 4 is 27.1 Å². The van der Waals surface area contributed by atoms with Crippen LogP contribution < -0.4 is 0 Å². The molecule has 114 valence electrons. The number of hydrogen-bond donors (Lipinski definition) is 0. The second-order valence-electron chi connectivity index (χ2n) is 5.99. The van der Waals surface area contributed by atoms with Crippen LogP contribution in [0, 0.1) is 0 Å². The van der Waals surface area contributed by atoms with Gasteiger partial charge in [0.2, 0.25) is 0 Å². The van der Waals surface area contributed by atoms with Crippen LogP contribution in [-0.2, 0) is 9.53 Å². The molecule has 0 aliphatic carbocycles.